The first kappa shape index (κ1) is 58.7. The van der Waals surface area contributed by atoms with Crippen molar-refractivity contribution in [1.29, 1.82) is 0 Å². The van der Waals surface area contributed by atoms with E-state index in [1.165, 1.54) is 11.1 Å². The van der Waals surface area contributed by atoms with Crippen molar-refractivity contribution in [2.75, 3.05) is 11.5 Å². The van der Waals surface area contributed by atoms with Crippen molar-refractivity contribution < 1.29 is 99.5 Å². The minimum atomic E-state index is -1.63. The standard InChI is InChI=1S/2C6H8N2.2C3H4O4.Mn.6H2O/c2*1-5-2-3-8-6(7)4-5;2*4-2(5)1-3(6)7;;;;;;;/h2*2-4H,1H3,(H2,7,8);2*1H2,(H,4,5)(H,6,7);;6*1H2/q;;;;+2;;;;;;. The number of aryl methyl sites for hydroxylation is 2. The summed E-state index contributed by atoms with van der Waals surface area (Å²) in [6, 6.07) is 7.72. The van der Waals surface area contributed by atoms with Crippen LogP contribution in [0.3, 0.4) is 0 Å². The van der Waals surface area contributed by atoms with E-state index >= 15 is 0 Å². The number of anilines is 2. The zero-order valence-electron chi connectivity index (χ0n) is 19.8. The Hall–Kier alpha value is -3.94. The SMILES string of the molecule is Cc1cc[nH+]c(N)c1.Cc1cc[nH+]c(N)c1.O.O.O.O.O=C([O-])CC(=O)[O-].O=C([O-])CC(=O)[O-].[Mn+2].[OH3+].[OH3+]. The van der Waals surface area contributed by atoms with Gasteiger partial charge in [0.25, 0.3) is 11.6 Å². The average Bonchev–Trinajstić information content (AvgIpc) is 2.53. The summed E-state index contributed by atoms with van der Waals surface area (Å²) < 4.78 is 0. The number of H-pyrrole nitrogens is 2. The minimum Gasteiger partial charge on any atom is -0.550 e. The molecule has 217 valence electrons. The summed E-state index contributed by atoms with van der Waals surface area (Å²) in [7, 11) is 0. The van der Waals surface area contributed by atoms with E-state index in [4.69, 9.17) is 11.5 Å². The monoisotopic (exact) mass is 587 g/mol. The van der Waals surface area contributed by atoms with E-state index in [1.54, 1.807) is 0 Å². The fourth-order valence-electron chi connectivity index (χ4n) is 1.44. The summed E-state index contributed by atoms with van der Waals surface area (Å²) in [5, 5.41) is 37.1. The van der Waals surface area contributed by atoms with Crippen LogP contribution < -0.4 is 41.9 Å². The number of aromatic nitrogens is 2. The van der Waals surface area contributed by atoms with Crippen LogP contribution in [0.25, 0.3) is 0 Å². The molecule has 0 aliphatic rings. The fraction of sp³-hybridized carbons (Fsp3) is 0.222. The number of aliphatic carboxylic acids is 4. The molecule has 0 aliphatic carbocycles. The third-order valence-electron chi connectivity index (χ3n) is 2.54. The number of carbonyl (C=O) groups excluding carboxylic acids is 4. The molecule has 0 saturated carbocycles. The van der Waals surface area contributed by atoms with Crippen LogP contribution in [0.4, 0.5) is 11.6 Å². The fourth-order valence-corrected chi connectivity index (χ4v) is 1.44. The molecule has 2 rings (SSSR count). The van der Waals surface area contributed by atoms with Crippen LogP contribution in [0.2, 0.25) is 0 Å². The first-order chi connectivity index (χ1) is 13.8. The predicted molar refractivity (Wildman–Crippen MR) is 118 cm³/mol. The maximum Gasteiger partial charge on any atom is 2.00 e. The van der Waals surface area contributed by atoms with Crippen LogP contribution in [0, 0.1) is 13.8 Å². The molecule has 37 heavy (non-hydrogen) atoms. The molecule has 0 aromatic carbocycles. The topological polar surface area (TPSA) is 433 Å². The number of nitrogens with one attached hydrogen (secondary N) is 2. The number of carboxylic acids is 4. The smallest absolute Gasteiger partial charge is 0.550 e. The Bertz CT molecular complexity index is 731. The van der Waals surface area contributed by atoms with Gasteiger partial charge in [0.2, 0.25) is 0 Å². The number of pyridine rings is 2. The van der Waals surface area contributed by atoms with Crippen molar-refractivity contribution in [3.8, 4) is 0 Å². The Balaban J connectivity index is -0.0000000381. The molecule has 2 aromatic rings. The summed E-state index contributed by atoms with van der Waals surface area (Å²) >= 11 is 0. The van der Waals surface area contributed by atoms with Gasteiger partial charge in [-0.05, 0) is 37.1 Å². The molecule has 0 saturated heterocycles. The molecule has 0 fully saturated rings. The number of aromatic amines is 2. The number of rotatable bonds is 4. The molecule has 2 heterocycles. The normalized spacial score (nSPS) is 6.97. The van der Waals surface area contributed by atoms with E-state index in [-0.39, 0.29) is 49.9 Å². The van der Waals surface area contributed by atoms with Crippen LogP contribution in [-0.4, -0.2) is 45.8 Å². The van der Waals surface area contributed by atoms with Crippen molar-refractivity contribution in [2.24, 2.45) is 0 Å². The molecule has 0 amide bonds. The molecule has 0 bridgehead atoms. The Morgan fingerprint density at radius 2 is 0.865 bits per heavy atom. The van der Waals surface area contributed by atoms with E-state index in [2.05, 4.69) is 9.97 Å². The molecule has 0 spiro atoms. The van der Waals surface area contributed by atoms with Crippen molar-refractivity contribution in [3.05, 3.63) is 47.8 Å². The zero-order chi connectivity index (χ0) is 23.7. The largest absolute Gasteiger partial charge is 2.00 e. The van der Waals surface area contributed by atoms with Gasteiger partial charge in [0, 0.05) is 48.9 Å². The van der Waals surface area contributed by atoms with Gasteiger partial charge >= 0.3 is 17.1 Å². The second kappa shape index (κ2) is 34.2. The Kier molecular flexibility index (Phi) is 54.3. The van der Waals surface area contributed by atoms with Crippen LogP contribution in [-0.2, 0) is 47.2 Å². The van der Waals surface area contributed by atoms with Gasteiger partial charge in [-0.1, -0.05) is 0 Å². The van der Waals surface area contributed by atoms with Gasteiger partial charge in [-0.25, -0.2) is 9.97 Å². The van der Waals surface area contributed by atoms with Crippen molar-refractivity contribution in [3.63, 3.8) is 0 Å². The molecule has 0 aliphatic heterocycles. The maximum absolute atomic E-state index is 9.28. The van der Waals surface area contributed by atoms with E-state index in [0.29, 0.717) is 11.6 Å². The van der Waals surface area contributed by atoms with Crippen molar-refractivity contribution in [2.45, 2.75) is 26.7 Å². The number of hydrogen-bond donors (Lipinski definition) is 2. The number of hydrogen-bond acceptors (Lipinski definition) is 10. The summed E-state index contributed by atoms with van der Waals surface area (Å²) in [4.78, 5) is 42.8. The van der Waals surface area contributed by atoms with Gasteiger partial charge < -0.3 is 72.5 Å². The third kappa shape index (κ3) is 50.0. The molecular formula is C18H36MnN4O14+2. The first-order valence-electron chi connectivity index (χ1n) is 8.10. The summed E-state index contributed by atoms with van der Waals surface area (Å²) in [6.07, 6.45) is 1.59. The summed E-state index contributed by atoms with van der Waals surface area (Å²) in [5.74, 6) is -5.07. The van der Waals surface area contributed by atoms with Crippen LogP contribution >= 0.6 is 0 Å². The molecular weight excluding hydrogens is 551 g/mol. The quantitative estimate of drug-likeness (QED) is 0.193. The van der Waals surface area contributed by atoms with Gasteiger partial charge in [-0.2, -0.15) is 0 Å². The van der Waals surface area contributed by atoms with Crippen LogP contribution in [0.5, 0.6) is 0 Å². The van der Waals surface area contributed by atoms with Gasteiger partial charge in [0.05, 0.1) is 12.4 Å². The van der Waals surface area contributed by atoms with E-state index in [0.717, 1.165) is 0 Å². The second-order valence-corrected chi connectivity index (χ2v) is 5.48. The first-order valence-corrected chi connectivity index (χ1v) is 8.10. The molecule has 0 atom stereocenters. The Labute approximate surface area is 221 Å². The van der Waals surface area contributed by atoms with E-state index < -0.39 is 36.7 Å². The van der Waals surface area contributed by atoms with Crippen molar-refractivity contribution in [1.82, 2.24) is 0 Å². The maximum atomic E-state index is 9.28. The molecule has 0 unspecified atom stereocenters. The van der Waals surface area contributed by atoms with E-state index in [9.17, 15) is 39.6 Å². The number of nitrogens with two attached hydrogens (primary N) is 2. The second-order valence-electron chi connectivity index (χ2n) is 5.48. The third-order valence-corrected chi connectivity index (χ3v) is 2.54. The van der Waals surface area contributed by atoms with Gasteiger partial charge in [0.15, 0.2) is 0 Å². The Morgan fingerprint density at radius 3 is 0.946 bits per heavy atom. The Morgan fingerprint density at radius 1 is 0.649 bits per heavy atom. The molecule has 18 nitrogen and oxygen atoms in total. The van der Waals surface area contributed by atoms with Crippen LogP contribution in [0.1, 0.15) is 24.0 Å². The number of nitrogen functional groups attached to an aromatic ring is 2. The van der Waals surface area contributed by atoms with Gasteiger partial charge in [0.1, 0.15) is 0 Å². The summed E-state index contributed by atoms with van der Waals surface area (Å²) in [5.41, 5.74) is 13.2. The number of carboxylic acid groups (broad SMARTS) is 4. The predicted octanol–water partition coefficient (Wildman–Crippen LogP) is -10.6. The molecule has 2 aromatic heterocycles. The molecule has 20 N–H and O–H groups in total. The minimum absolute atomic E-state index is 0. The van der Waals surface area contributed by atoms with Crippen molar-refractivity contribution >= 4 is 35.5 Å². The van der Waals surface area contributed by atoms with Gasteiger partial charge in [-0.15, -0.1) is 0 Å². The number of carbonyl (C=O) groups is 4. The molecule has 1 radical (unpaired) electrons. The van der Waals surface area contributed by atoms with Gasteiger partial charge in [-0.3, -0.25) is 11.5 Å². The van der Waals surface area contributed by atoms with E-state index in [1.807, 2.05) is 50.5 Å². The average molecular weight is 587 g/mol. The molecule has 19 heteroatoms. The van der Waals surface area contributed by atoms with Crippen LogP contribution in [0.15, 0.2) is 36.7 Å². The summed E-state index contributed by atoms with van der Waals surface area (Å²) in [6.45, 7) is 4.01. The zero-order valence-corrected chi connectivity index (χ0v) is 21.0.